The van der Waals surface area contributed by atoms with Crippen molar-refractivity contribution in [1.29, 1.82) is 0 Å². The Labute approximate surface area is 100.0 Å². The van der Waals surface area contributed by atoms with Crippen LogP contribution < -0.4 is 10.1 Å². The number of nitrogens with zero attached hydrogens (tertiary/aromatic N) is 3. The molecule has 2 rings (SSSR count). The summed E-state index contributed by atoms with van der Waals surface area (Å²) in [6, 6.07) is 1.87. The third-order valence-corrected chi connectivity index (χ3v) is 2.77. The van der Waals surface area contributed by atoms with Crippen molar-refractivity contribution in [3.8, 4) is 5.88 Å². The third-order valence-electron chi connectivity index (χ3n) is 2.77. The lowest BCUT2D eigenvalue weighted by molar-refractivity contribution is 0.373. The second kappa shape index (κ2) is 4.48. The SMILES string of the molecule is COc1cc(NCc2c(C)n[nH]c2C)nn1C. The number of aromatic nitrogens is 4. The molecule has 2 N–H and O–H groups in total. The highest BCUT2D eigenvalue weighted by molar-refractivity contribution is 5.40. The number of aromatic amines is 1. The fourth-order valence-corrected chi connectivity index (χ4v) is 1.74. The van der Waals surface area contributed by atoms with Crippen molar-refractivity contribution in [1.82, 2.24) is 20.0 Å². The van der Waals surface area contributed by atoms with E-state index in [9.17, 15) is 0 Å². The Morgan fingerprint density at radius 3 is 2.76 bits per heavy atom. The zero-order chi connectivity index (χ0) is 12.4. The summed E-state index contributed by atoms with van der Waals surface area (Å²) >= 11 is 0. The second-order valence-corrected chi connectivity index (χ2v) is 3.96. The van der Waals surface area contributed by atoms with Crippen LogP contribution in [0.1, 0.15) is 17.0 Å². The van der Waals surface area contributed by atoms with Crippen LogP contribution >= 0.6 is 0 Å². The molecule has 0 saturated heterocycles. The molecule has 0 spiro atoms. The van der Waals surface area contributed by atoms with E-state index in [2.05, 4.69) is 20.6 Å². The van der Waals surface area contributed by atoms with Crippen molar-refractivity contribution in [3.05, 3.63) is 23.0 Å². The zero-order valence-corrected chi connectivity index (χ0v) is 10.5. The molecule has 92 valence electrons. The highest BCUT2D eigenvalue weighted by Crippen LogP contribution is 2.17. The topological polar surface area (TPSA) is 67.8 Å². The summed E-state index contributed by atoms with van der Waals surface area (Å²) < 4.78 is 6.84. The van der Waals surface area contributed by atoms with Crippen molar-refractivity contribution in [3.63, 3.8) is 0 Å². The molecule has 6 heteroatoms. The first-order chi connectivity index (χ1) is 8.11. The molecule has 2 aromatic rings. The Morgan fingerprint density at radius 1 is 1.47 bits per heavy atom. The van der Waals surface area contributed by atoms with Crippen molar-refractivity contribution in [2.45, 2.75) is 20.4 Å². The fraction of sp³-hybridized carbons (Fsp3) is 0.455. The summed E-state index contributed by atoms with van der Waals surface area (Å²) in [6.07, 6.45) is 0. The number of rotatable bonds is 4. The Kier molecular flexibility index (Phi) is 3.03. The van der Waals surface area contributed by atoms with Crippen LogP contribution in [0, 0.1) is 13.8 Å². The number of anilines is 1. The van der Waals surface area contributed by atoms with E-state index in [1.165, 1.54) is 5.56 Å². The van der Waals surface area contributed by atoms with Crippen LogP contribution in [0.2, 0.25) is 0 Å². The largest absolute Gasteiger partial charge is 0.481 e. The van der Waals surface area contributed by atoms with Crippen molar-refractivity contribution >= 4 is 5.82 Å². The quantitative estimate of drug-likeness (QED) is 0.840. The minimum Gasteiger partial charge on any atom is -0.481 e. The van der Waals surface area contributed by atoms with Gasteiger partial charge in [0.2, 0.25) is 5.88 Å². The van der Waals surface area contributed by atoms with E-state index in [1.54, 1.807) is 11.8 Å². The van der Waals surface area contributed by atoms with E-state index in [0.717, 1.165) is 23.1 Å². The molecular formula is C11H17N5O. The highest BCUT2D eigenvalue weighted by atomic mass is 16.5. The minimum atomic E-state index is 0.703. The average Bonchev–Trinajstić information content (AvgIpc) is 2.81. The first-order valence-electron chi connectivity index (χ1n) is 5.44. The molecule has 0 radical (unpaired) electrons. The number of H-pyrrole nitrogens is 1. The van der Waals surface area contributed by atoms with Gasteiger partial charge in [0.1, 0.15) is 0 Å². The van der Waals surface area contributed by atoms with Gasteiger partial charge in [0.05, 0.1) is 12.8 Å². The molecule has 2 heterocycles. The summed E-state index contributed by atoms with van der Waals surface area (Å²) in [7, 11) is 3.48. The predicted octanol–water partition coefficient (Wildman–Crippen LogP) is 1.38. The molecule has 2 aromatic heterocycles. The summed E-state index contributed by atoms with van der Waals surface area (Å²) in [5.41, 5.74) is 3.27. The molecule has 6 nitrogen and oxygen atoms in total. The Bertz CT molecular complexity index is 494. The molecule has 0 bridgehead atoms. The summed E-state index contributed by atoms with van der Waals surface area (Å²) in [4.78, 5) is 0. The van der Waals surface area contributed by atoms with Crippen molar-refractivity contribution in [2.24, 2.45) is 7.05 Å². The summed E-state index contributed by atoms with van der Waals surface area (Å²) in [6.45, 7) is 4.70. The lowest BCUT2D eigenvalue weighted by atomic mass is 10.2. The van der Waals surface area contributed by atoms with E-state index in [1.807, 2.05) is 27.0 Å². The van der Waals surface area contributed by atoms with Crippen LogP contribution in [0.3, 0.4) is 0 Å². The van der Waals surface area contributed by atoms with E-state index in [-0.39, 0.29) is 0 Å². The highest BCUT2D eigenvalue weighted by Gasteiger charge is 2.08. The molecule has 0 aliphatic carbocycles. The lowest BCUT2D eigenvalue weighted by Gasteiger charge is -2.02. The van der Waals surface area contributed by atoms with Gasteiger partial charge in [-0.05, 0) is 13.8 Å². The number of hydrogen-bond acceptors (Lipinski definition) is 4. The van der Waals surface area contributed by atoms with E-state index < -0.39 is 0 Å². The van der Waals surface area contributed by atoms with Crippen molar-refractivity contribution in [2.75, 3.05) is 12.4 Å². The number of ether oxygens (including phenoxy) is 1. The van der Waals surface area contributed by atoms with Gasteiger partial charge in [0.15, 0.2) is 5.82 Å². The molecule has 0 atom stereocenters. The molecule has 0 aliphatic heterocycles. The molecule has 0 unspecified atom stereocenters. The molecule has 0 amide bonds. The first kappa shape index (κ1) is 11.5. The number of aryl methyl sites for hydroxylation is 3. The standard InChI is InChI=1S/C11H17N5O/c1-7-9(8(2)14-13-7)6-12-10-5-11(17-4)16(3)15-10/h5H,6H2,1-4H3,(H,12,15)(H,13,14). The molecule has 17 heavy (non-hydrogen) atoms. The Balaban J connectivity index is 2.07. The maximum atomic E-state index is 5.15. The van der Waals surface area contributed by atoms with Gasteiger partial charge in [-0.15, -0.1) is 0 Å². The van der Waals surface area contributed by atoms with Gasteiger partial charge in [0, 0.05) is 30.9 Å². The zero-order valence-electron chi connectivity index (χ0n) is 10.5. The van der Waals surface area contributed by atoms with Gasteiger partial charge in [-0.1, -0.05) is 0 Å². The second-order valence-electron chi connectivity index (χ2n) is 3.96. The van der Waals surface area contributed by atoms with Crippen LogP contribution in [-0.4, -0.2) is 27.1 Å². The van der Waals surface area contributed by atoms with E-state index in [4.69, 9.17) is 4.74 Å². The molecular weight excluding hydrogens is 218 g/mol. The van der Waals surface area contributed by atoms with Crippen LogP contribution in [0.4, 0.5) is 5.82 Å². The Hall–Kier alpha value is -1.98. The van der Waals surface area contributed by atoms with Gasteiger partial charge in [-0.3, -0.25) is 5.10 Å². The van der Waals surface area contributed by atoms with Gasteiger partial charge in [-0.25, -0.2) is 4.68 Å². The molecule has 0 aromatic carbocycles. The maximum Gasteiger partial charge on any atom is 0.213 e. The Morgan fingerprint density at radius 2 is 2.24 bits per heavy atom. The first-order valence-corrected chi connectivity index (χ1v) is 5.44. The molecule has 0 fully saturated rings. The third kappa shape index (κ3) is 2.25. The summed E-state index contributed by atoms with van der Waals surface area (Å²) in [5.74, 6) is 1.53. The smallest absolute Gasteiger partial charge is 0.213 e. The van der Waals surface area contributed by atoms with Gasteiger partial charge >= 0.3 is 0 Å². The average molecular weight is 235 g/mol. The normalized spacial score (nSPS) is 10.6. The maximum absolute atomic E-state index is 5.15. The number of nitrogens with one attached hydrogen (secondary N) is 2. The van der Waals surface area contributed by atoms with Crippen LogP contribution in [0.25, 0.3) is 0 Å². The van der Waals surface area contributed by atoms with Crippen LogP contribution in [0.5, 0.6) is 5.88 Å². The molecule has 0 aliphatic rings. The van der Waals surface area contributed by atoms with Gasteiger partial charge in [0.25, 0.3) is 0 Å². The van der Waals surface area contributed by atoms with Crippen LogP contribution in [-0.2, 0) is 13.6 Å². The number of methoxy groups -OCH3 is 1. The van der Waals surface area contributed by atoms with Crippen molar-refractivity contribution < 1.29 is 4.74 Å². The van der Waals surface area contributed by atoms with Gasteiger partial charge in [-0.2, -0.15) is 10.2 Å². The lowest BCUT2D eigenvalue weighted by Crippen LogP contribution is -2.02. The van der Waals surface area contributed by atoms with E-state index in [0.29, 0.717) is 6.54 Å². The van der Waals surface area contributed by atoms with Crippen LogP contribution in [0.15, 0.2) is 6.07 Å². The molecule has 0 saturated carbocycles. The predicted molar refractivity (Wildman–Crippen MR) is 65.1 cm³/mol. The minimum absolute atomic E-state index is 0.703. The fourth-order valence-electron chi connectivity index (χ4n) is 1.74. The number of hydrogen-bond donors (Lipinski definition) is 2. The van der Waals surface area contributed by atoms with E-state index >= 15 is 0 Å². The van der Waals surface area contributed by atoms with Gasteiger partial charge < -0.3 is 10.1 Å². The summed E-state index contributed by atoms with van der Waals surface area (Å²) in [5, 5.41) is 14.7. The monoisotopic (exact) mass is 235 g/mol.